The molecule has 0 aliphatic carbocycles. The van der Waals surface area contributed by atoms with Crippen LogP contribution in [0.2, 0.25) is 0 Å². The molecule has 31 heavy (non-hydrogen) atoms. The van der Waals surface area contributed by atoms with Crippen molar-refractivity contribution in [1.82, 2.24) is 15.5 Å². The number of hydrogen-bond donors (Lipinski definition) is 3. The number of hydrogen-bond acceptors (Lipinski definition) is 4. The van der Waals surface area contributed by atoms with Crippen molar-refractivity contribution in [1.29, 1.82) is 0 Å². The van der Waals surface area contributed by atoms with Crippen molar-refractivity contribution in [2.75, 3.05) is 26.2 Å². The Hall–Kier alpha value is -1.58. The molecule has 2 aromatic rings. The van der Waals surface area contributed by atoms with Crippen molar-refractivity contribution in [2.45, 2.75) is 52.3 Å². The number of furan rings is 1. The quantitative estimate of drug-likeness (QED) is 0.267. The zero-order valence-corrected chi connectivity index (χ0v) is 21.3. The van der Waals surface area contributed by atoms with Crippen molar-refractivity contribution in [3.63, 3.8) is 0 Å². The van der Waals surface area contributed by atoms with E-state index in [-0.39, 0.29) is 24.0 Å². The highest BCUT2D eigenvalue weighted by atomic mass is 127. The first-order valence-electron chi connectivity index (χ1n) is 11.0. The van der Waals surface area contributed by atoms with E-state index in [0.29, 0.717) is 24.8 Å². The van der Waals surface area contributed by atoms with Gasteiger partial charge in [-0.2, -0.15) is 0 Å². The summed E-state index contributed by atoms with van der Waals surface area (Å²) in [7, 11) is 0. The first-order valence-corrected chi connectivity index (χ1v) is 11.0. The van der Waals surface area contributed by atoms with E-state index >= 15 is 0 Å². The summed E-state index contributed by atoms with van der Waals surface area (Å²) in [6, 6.07) is 12.3. The fraction of sp³-hybridized carbons (Fsp3) is 0.542. The zero-order valence-electron chi connectivity index (χ0n) is 18.9. The Morgan fingerprint density at radius 2 is 1.97 bits per heavy atom. The molecule has 2 unspecified atom stereocenters. The lowest BCUT2D eigenvalue weighted by molar-refractivity contribution is 0.0386. The molecule has 1 aliphatic heterocycles. The molecule has 0 radical (unpaired) electrons. The summed E-state index contributed by atoms with van der Waals surface area (Å²) in [6.45, 7) is 11.2. The molecule has 0 spiro atoms. The molecule has 6 nitrogen and oxygen atoms in total. The maximum absolute atomic E-state index is 10.6. The minimum atomic E-state index is -1.10. The van der Waals surface area contributed by atoms with Crippen LogP contribution in [0.25, 0.3) is 0 Å². The lowest BCUT2D eigenvalue weighted by atomic mass is 9.99. The van der Waals surface area contributed by atoms with Gasteiger partial charge in [0.2, 0.25) is 0 Å². The van der Waals surface area contributed by atoms with E-state index in [1.165, 1.54) is 37.1 Å². The van der Waals surface area contributed by atoms with Crippen molar-refractivity contribution < 1.29 is 9.52 Å². The molecular weight excluding hydrogens is 503 g/mol. The van der Waals surface area contributed by atoms with Gasteiger partial charge < -0.3 is 20.2 Å². The number of halogens is 1. The van der Waals surface area contributed by atoms with Crippen LogP contribution in [-0.4, -0.2) is 42.1 Å². The first-order chi connectivity index (χ1) is 14.5. The fourth-order valence-electron chi connectivity index (χ4n) is 3.88. The van der Waals surface area contributed by atoms with Crippen LogP contribution >= 0.6 is 24.0 Å². The van der Waals surface area contributed by atoms with Gasteiger partial charge in [0, 0.05) is 19.6 Å². The van der Waals surface area contributed by atoms with Crippen LogP contribution in [-0.2, 0) is 18.7 Å². The van der Waals surface area contributed by atoms with Gasteiger partial charge in [-0.3, -0.25) is 4.90 Å². The van der Waals surface area contributed by atoms with Crippen molar-refractivity contribution in [2.24, 2.45) is 10.9 Å². The Morgan fingerprint density at radius 3 is 2.61 bits per heavy atom. The number of guanidine groups is 1. The third-order valence-electron chi connectivity index (χ3n) is 5.59. The molecule has 2 heterocycles. The van der Waals surface area contributed by atoms with Crippen molar-refractivity contribution in [3.8, 4) is 0 Å². The van der Waals surface area contributed by atoms with Crippen molar-refractivity contribution >= 4 is 29.9 Å². The second kappa shape index (κ2) is 12.5. The minimum Gasteiger partial charge on any atom is -0.466 e. The highest BCUT2D eigenvalue weighted by Crippen LogP contribution is 2.20. The second-order valence-electron chi connectivity index (χ2n) is 8.60. The number of nitrogens with zero attached hydrogens (tertiary/aromatic N) is 2. The molecule has 1 fully saturated rings. The SMILES string of the molecule is CCNC(=NCc1ccc(CN2CCCC(C)C2)cc1)NCC(C)(O)c1ccco1.I. The Morgan fingerprint density at radius 1 is 1.23 bits per heavy atom. The Kier molecular flexibility index (Phi) is 10.3. The summed E-state index contributed by atoms with van der Waals surface area (Å²) >= 11 is 0. The lowest BCUT2D eigenvalue weighted by Gasteiger charge is -2.30. The molecule has 0 bridgehead atoms. The van der Waals surface area contributed by atoms with Gasteiger partial charge in [0.1, 0.15) is 11.4 Å². The van der Waals surface area contributed by atoms with Gasteiger partial charge in [0.15, 0.2) is 5.96 Å². The molecule has 1 aromatic heterocycles. The highest BCUT2D eigenvalue weighted by molar-refractivity contribution is 14.0. The minimum absolute atomic E-state index is 0. The van der Waals surface area contributed by atoms with Crippen LogP contribution in [0.15, 0.2) is 52.1 Å². The summed E-state index contributed by atoms with van der Waals surface area (Å²) in [4.78, 5) is 7.22. The molecule has 7 heteroatoms. The third kappa shape index (κ3) is 8.12. The number of aliphatic hydroxyl groups is 1. The molecule has 3 N–H and O–H groups in total. The van der Waals surface area contributed by atoms with Crippen LogP contribution in [0.1, 0.15) is 50.5 Å². The number of benzene rings is 1. The molecular formula is C24H37IN4O2. The maximum Gasteiger partial charge on any atom is 0.191 e. The maximum atomic E-state index is 10.6. The van der Waals surface area contributed by atoms with E-state index in [9.17, 15) is 5.11 Å². The highest BCUT2D eigenvalue weighted by Gasteiger charge is 2.26. The number of nitrogens with one attached hydrogen (secondary N) is 2. The molecule has 0 amide bonds. The number of aliphatic imine (C=N–C) groups is 1. The summed E-state index contributed by atoms with van der Waals surface area (Å²) in [5, 5.41) is 17.1. The topological polar surface area (TPSA) is 73.0 Å². The van der Waals surface area contributed by atoms with Gasteiger partial charge in [-0.15, -0.1) is 24.0 Å². The van der Waals surface area contributed by atoms with Crippen molar-refractivity contribution in [3.05, 3.63) is 59.5 Å². The summed E-state index contributed by atoms with van der Waals surface area (Å²) in [5.41, 5.74) is 1.42. The molecule has 172 valence electrons. The number of likely N-dealkylation sites (tertiary alicyclic amines) is 1. The Balaban J connectivity index is 0.00000341. The van der Waals surface area contributed by atoms with Crippen LogP contribution < -0.4 is 10.6 Å². The molecule has 1 saturated heterocycles. The van der Waals surface area contributed by atoms with E-state index in [0.717, 1.165) is 19.0 Å². The predicted molar refractivity (Wildman–Crippen MR) is 137 cm³/mol. The van der Waals surface area contributed by atoms with Gasteiger partial charge in [-0.05, 0) is 62.4 Å². The molecule has 2 atom stereocenters. The third-order valence-corrected chi connectivity index (χ3v) is 5.59. The van der Waals surface area contributed by atoms with E-state index in [4.69, 9.17) is 4.42 Å². The van der Waals surface area contributed by atoms with Gasteiger partial charge in [0.25, 0.3) is 0 Å². The molecule has 1 aliphatic rings. The summed E-state index contributed by atoms with van der Waals surface area (Å²) in [5.74, 6) is 2.01. The van der Waals surface area contributed by atoms with Gasteiger partial charge in [-0.1, -0.05) is 31.2 Å². The summed E-state index contributed by atoms with van der Waals surface area (Å²) < 4.78 is 5.34. The van der Waals surface area contributed by atoms with Gasteiger partial charge in [0.05, 0.1) is 19.4 Å². The molecule has 3 rings (SSSR count). The number of rotatable bonds is 8. The van der Waals surface area contributed by atoms with Gasteiger partial charge >= 0.3 is 0 Å². The smallest absolute Gasteiger partial charge is 0.191 e. The number of piperidine rings is 1. The average Bonchev–Trinajstić information content (AvgIpc) is 3.27. The predicted octanol–water partition coefficient (Wildman–Crippen LogP) is 4.09. The largest absolute Gasteiger partial charge is 0.466 e. The summed E-state index contributed by atoms with van der Waals surface area (Å²) in [6.07, 6.45) is 4.23. The van der Waals surface area contributed by atoms with E-state index in [2.05, 4.69) is 51.7 Å². The average molecular weight is 540 g/mol. The zero-order chi connectivity index (χ0) is 21.4. The van der Waals surface area contributed by atoms with E-state index < -0.39 is 5.60 Å². The molecule has 1 aromatic carbocycles. The van der Waals surface area contributed by atoms with E-state index in [1.54, 1.807) is 25.3 Å². The second-order valence-corrected chi connectivity index (χ2v) is 8.60. The van der Waals surface area contributed by atoms with E-state index in [1.807, 2.05) is 6.92 Å². The van der Waals surface area contributed by atoms with Gasteiger partial charge in [-0.25, -0.2) is 4.99 Å². The Labute approximate surface area is 203 Å². The fourth-order valence-corrected chi connectivity index (χ4v) is 3.88. The standard InChI is InChI=1S/C24H36N4O2.HI/c1-4-25-23(27-18-24(3,29)22-8-6-14-30-22)26-15-20-9-11-21(12-10-20)17-28-13-5-7-19(2)16-28;/h6,8-12,14,19,29H,4-5,7,13,15-18H2,1-3H3,(H2,25,26,27);1H. The normalized spacial score (nSPS) is 19.4. The van der Waals surface area contributed by atoms with Crippen LogP contribution in [0.4, 0.5) is 0 Å². The monoisotopic (exact) mass is 540 g/mol. The van der Waals surface area contributed by atoms with Crippen LogP contribution in [0.5, 0.6) is 0 Å². The first kappa shape index (κ1) is 25.7. The molecule has 0 saturated carbocycles. The lowest BCUT2D eigenvalue weighted by Crippen LogP contribution is -2.44. The Bertz CT molecular complexity index is 790. The van der Waals surface area contributed by atoms with Crippen LogP contribution in [0.3, 0.4) is 0 Å². The van der Waals surface area contributed by atoms with Crippen LogP contribution in [0, 0.1) is 5.92 Å².